The molecular formula is C18H19FN2O3. The second kappa shape index (κ2) is 8.10. The van der Waals surface area contributed by atoms with E-state index in [0.29, 0.717) is 11.4 Å². The summed E-state index contributed by atoms with van der Waals surface area (Å²) < 4.78 is 18.7. The molecule has 0 radical (unpaired) electrons. The van der Waals surface area contributed by atoms with Gasteiger partial charge in [0.25, 0.3) is 5.91 Å². The predicted octanol–water partition coefficient (Wildman–Crippen LogP) is 2.50. The summed E-state index contributed by atoms with van der Waals surface area (Å²) in [5, 5.41) is 0. The molecule has 0 spiro atoms. The molecule has 2 N–H and O–H groups in total. The van der Waals surface area contributed by atoms with Crippen LogP contribution in [0, 0.1) is 5.82 Å². The first-order chi connectivity index (χ1) is 11.5. The molecule has 2 amide bonds. The van der Waals surface area contributed by atoms with Gasteiger partial charge in [0.05, 0.1) is 0 Å². The summed E-state index contributed by atoms with van der Waals surface area (Å²) in [5.74, 6) is -0.708. The zero-order valence-corrected chi connectivity index (χ0v) is 13.3. The Morgan fingerprint density at radius 2 is 1.75 bits per heavy atom. The normalized spacial score (nSPS) is 11.6. The number of ether oxygens (including phenoxy) is 1. The lowest BCUT2D eigenvalue weighted by molar-refractivity contribution is -0.124. The Kier molecular flexibility index (Phi) is 5.89. The third-order valence-corrected chi connectivity index (χ3v) is 3.39. The van der Waals surface area contributed by atoms with Gasteiger partial charge in [-0.05, 0) is 43.3 Å². The maximum absolute atomic E-state index is 13.1. The lowest BCUT2D eigenvalue weighted by Crippen LogP contribution is -2.42. The van der Waals surface area contributed by atoms with Crippen LogP contribution in [0.4, 0.5) is 10.1 Å². The molecule has 0 bridgehead atoms. The van der Waals surface area contributed by atoms with Crippen molar-refractivity contribution in [3.8, 4) is 5.75 Å². The van der Waals surface area contributed by atoms with Crippen molar-refractivity contribution in [2.24, 2.45) is 5.73 Å². The van der Waals surface area contributed by atoms with Gasteiger partial charge in [-0.3, -0.25) is 9.59 Å². The van der Waals surface area contributed by atoms with Gasteiger partial charge in [-0.2, -0.15) is 0 Å². The molecule has 24 heavy (non-hydrogen) atoms. The van der Waals surface area contributed by atoms with Crippen LogP contribution in [0.5, 0.6) is 5.75 Å². The fourth-order valence-corrected chi connectivity index (χ4v) is 2.18. The Labute approximate surface area is 139 Å². The van der Waals surface area contributed by atoms with Gasteiger partial charge in [-0.15, -0.1) is 0 Å². The van der Waals surface area contributed by atoms with Crippen LogP contribution in [0.2, 0.25) is 0 Å². The molecule has 6 heteroatoms. The summed E-state index contributed by atoms with van der Waals surface area (Å²) in [5.41, 5.74) is 5.65. The number of nitrogens with zero attached hydrogens (tertiary/aromatic N) is 1. The van der Waals surface area contributed by atoms with Crippen LogP contribution in [0.25, 0.3) is 0 Å². The van der Waals surface area contributed by atoms with E-state index < -0.39 is 17.8 Å². The number of carbonyl (C=O) groups is 2. The van der Waals surface area contributed by atoms with E-state index in [1.165, 1.54) is 29.2 Å². The zero-order chi connectivity index (χ0) is 17.5. The molecule has 0 saturated heterocycles. The van der Waals surface area contributed by atoms with Crippen LogP contribution >= 0.6 is 0 Å². The second-order valence-corrected chi connectivity index (χ2v) is 5.26. The molecule has 1 unspecified atom stereocenters. The molecule has 5 nitrogen and oxygen atoms in total. The fraction of sp³-hybridized carbons (Fsp3) is 0.222. The smallest absolute Gasteiger partial charge is 0.267 e. The van der Waals surface area contributed by atoms with E-state index in [4.69, 9.17) is 10.5 Å². The Balaban J connectivity index is 2.16. The van der Waals surface area contributed by atoms with Gasteiger partial charge in [-0.25, -0.2) is 4.39 Å². The molecule has 126 valence electrons. The monoisotopic (exact) mass is 330 g/mol. The fourth-order valence-electron chi connectivity index (χ4n) is 2.18. The number of halogens is 1. The van der Waals surface area contributed by atoms with Crippen LogP contribution in [0.15, 0.2) is 54.6 Å². The highest BCUT2D eigenvalue weighted by Gasteiger charge is 2.24. The predicted molar refractivity (Wildman–Crippen MR) is 89.1 cm³/mol. The van der Waals surface area contributed by atoms with Gasteiger partial charge >= 0.3 is 0 Å². The average Bonchev–Trinajstić information content (AvgIpc) is 2.57. The maximum Gasteiger partial charge on any atom is 0.267 e. The maximum atomic E-state index is 13.1. The highest BCUT2D eigenvalue weighted by Crippen LogP contribution is 2.19. The van der Waals surface area contributed by atoms with E-state index >= 15 is 0 Å². The first-order valence-electron chi connectivity index (χ1n) is 7.54. The molecule has 2 rings (SSSR count). The number of primary amides is 1. The lowest BCUT2D eigenvalue weighted by Gasteiger charge is -2.26. The Hall–Kier alpha value is -2.89. The van der Waals surface area contributed by atoms with Crippen molar-refractivity contribution in [1.29, 1.82) is 0 Å². The summed E-state index contributed by atoms with van der Waals surface area (Å²) in [6, 6.07) is 14.4. The largest absolute Gasteiger partial charge is 0.481 e. The van der Waals surface area contributed by atoms with Crippen molar-refractivity contribution in [2.45, 2.75) is 19.4 Å². The number of rotatable bonds is 7. The third-order valence-electron chi connectivity index (χ3n) is 3.39. The standard InChI is InChI=1S/C18H19FN2O3/c1-13(24-16-5-3-2-4-6-16)18(23)21(12-11-17(20)22)15-9-7-14(19)8-10-15/h2-10,13H,11-12H2,1H3,(H2,20,22). The minimum atomic E-state index is -0.773. The highest BCUT2D eigenvalue weighted by atomic mass is 19.1. The number of hydrogen-bond acceptors (Lipinski definition) is 3. The van der Waals surface area contributed by atoms with Crippen LogP contribution in [0.3, 0.4) is 0 Å². The van der Waals surface area contributed by atoms with Crippen LogP contribution in [-0.4, -0.2) is 24.5 Å². The quantitative estimate of drug-likeness (QED) is 0.848. The minimum Gasteiger partial charge on any atom is -0.481 e. The van der Waals surface area contributed by atoms with Crippen molar-refractivity contribution in [1.82, 2.24) is 0 Å². The number of hydrogen-bond donors (Lipinski definition) is 1. The Morgan fingerprint density at radius 1 is 1.12 bits per heavy atom. The van der Waals surface area contributed by atoms with Gasteiger partial charge in [0.15, 0.2) is 6.10 Å². The van der Waals surface area contributed by atoms with Gasteiger partial charge in [0.1, 0.15) is 11.6 Å². The molecule has 0 aliphatic heterocycles. The van der Waals surface area contributed by atoms with Gasteiger partial charge < -0.3 is 15.4 Å². The molecule has 0 aliphatic carbocycles. The van der Waals surface area contributed by atoms with Crippen molar-refractivity contribution in [3.05, 3.63) is 60.4 Å². The number of amides is 2. The molecule has 2 aromatic rings. The van der Waals surface area contributed by atoms with E-state index in [0.717, 1.165) is 0 Å². The number of carbonyl (C=O) groups excluding carboxylic acids is 2. The SMILES string of the molecule is CC(Oc1ccccc1)C(=O)N(CCC(N)=O)c1ccc(F)cc1. The first-order valence-corrected chi connectivity index (χ1v) is 7.54. The lowest BCUT2D eigenvalue weighted by atomic mass is 10.2. The van der Waals surface area contributed by atoms with Crippen molar-refractivity contribution >= 4 is 17.5 Å². The number of nitrogens with two attached hydrogens (primary N) is 1. The van der Waals surface area contributed by atoms with Crippen molar-refractivity contribution in [3.63, 3.8) is 0 Å². The van der Waals surface area contributed by atoms with Gasteiger partial charge in [0.2, 0.25) is 5.91 Å². The number of benzene rings is 2. The van der Waals surface area contributed by atoms with E-state index in [-0.39, 0.29) is 18.9 Å². The average molecular weight is 330 g/mol. The number of anilines is 1. The number of para-hydroxylation sites is 1. The molecule has 0 heterocycles. The van der Waals surface area contributed by atoms with Gasteiger partial charge in [0, 0.05) is 18.7 Å². The zero-order valence-electron chi connectivity index (χ0n) is 13.3. The highest BCUT2D eigenvalue weighted by molar-refractivity contribution is 5.97. The topological polar surface area (TPSA) is 72.6 Å². The summed E-state index contributed by atoms with van der Waals surface area (Å²) in [7, 11) is 0. The molecule has 0 fully saturated rings. The molecule has 0 aliphatic rings. The molecule has 2 aromatic carbocycles. The van der Waals surface area contributed by atoms with E-state index in [1.807, 2.05) is 6.07 Å². The second-order valence-electron chi connectivity index (χ2n) is 5.26. The van der Waals surface area contributed by atoms with Gasteiger partial charge in [-0.1, -0.05) is 18.2 Å². The summed E-state index contributed by atoms with van der Waals surface area (Å²) in [4.78, 5) is 25.1. The van der Waals surface area contributed by atoms with E-state index in [2.05, 4.69) is 0 Å². The first kappa shape index (κ1) is 17.5. The molecular weight excluding hydrogens is 311 g/mol. The third kappa shape index (κ3) is 4.81. The molecule has 0 saturated carbocycles. The van der Waals surface area contributed by atoms with Crippen molar-refractivity contribution < 1.29 is 18.7 Å². The molecule has 0 aromatic heterocycles. The van der Waals surface area contributed by atoms with E-state index in [9.17, 15) is 14.0 Å². The van der Waals surface area contributed by atoms with Crippen LogP contribution in [0.1, 0.15) is 13.3 Å². The molecule has 1 atom stereocenters. The van der Waals surface area contributed by atoms with E-state index in [1.54, 1.807) is 31.2 Å². The van der Waals surface area contributed by atoms with Crippen LogP contribution < -0.4 is 15.4 Å². The van der Waals surface area contributed by atoms with Crippen LogP contribution in [-0.2, 0) is 9.59 Å². The Morgan fingerprint density at radius 3 is 2.33 bits per heavy atom. The summed E-state index contributed by atoms with van der Waals surface area (Å²) in [6.45, 7) is 1.72. The Bertz CT molecular complexity index is 689. The minimum absolute atomic E-state index is 0.00116. The summed E-state index contributed by atoms with van der Waals surface area (Å²) in [6.07, 6.45) is -0.772. The van der Waals surface area contributed by atoms with Crippen molar-refractivity contribution in [2.75, 3.05) is 11.4 Å². The summed E-state index contributed by atoms with van der Waals surface area (Å²) >= 11 is 0.